The van der Waals surface area contributed by atoms with Gasteiger partial charge in [-0.05, 0) is 0 Å². The van der Waals surface area contributed by atoms with E-state index in [4.69, 9.17) is 5.73 Å². The molecule has 0 spiro atoms. The lowest BCUT2D eigenvalue weighted by Crippen LogP contribution is -2.49. The van der Waals surface area contributed by atoms with Crippen LogP contribution < -0.4 is 5.73 Å². The van der Waals surface area contributed by atoms with Gasteiger partial charge in [-0.2, -0.15) is 0 Å². The van der Waals surface area contributed by atoms with E-state index in [0.717, 1.165) is 0 Å². The minimum atomic E-state index is -1.23. The largest absolute Gasteiger partial charge is 0.317 e. The summed E-state index contributed by atoms with van der Waals surface area (Å²) < 4.78 is 0. The normalized spacial score (nSPS) is 30.2. The minimum Gasteiger partial charge on any atom is -0.317 e. The van der Waals surface area contributed by atoms with Crippen molar-refractivity contribution in [3.05, 3.63) is 47.1 Å². The molecule has 0 fully saturated rings. The molecule has 0 saturated carbocycles. The van der Waals surface area contributed by atoms with Crippen molar-refractivity contribution < 1.29 is 4.92 Å². The molecular weight excluding hydrogens is 200 g/mol. The van der Waals surface area contributed by atoms with Crippen molar-refractivity contribution in [1.29, 1.82) is 0 Å². The van der Waals surface area contributed by atoms with Crippen molar-refractivity contribution in [2.75, 3.05) is 5.75 Å². The molecule has 0 heterocycles. The van der Waals surface area contributed by atoms with Gasteiger partial charge < -0.3 is 5.73 Å². The van der Waals surface area contributed by atoms with Crippen LogP contribution in [0.4, 0.5) is 0 Å². The Bertz CT molecular complexity index is 301. The van der Waals surface area contributed by atoms with Crippen molar-refractivity contribution >= 4 is 11.8 Å². The van der Waals surface area contributed by atoms with Crippen LogP contribution in [0.25, 0.3) is 0 Å². The van der Waals surface area contributed by atoms with Crippen LogP contribution in [-0.2, 0) is 0 Å². The van der Waals surface area contributed by atoms with Gasteiger partial charge in [-0.1, -0.05) is 36.1 Å². The van der Waals surface area contributed by atoms with E-state index in [0.29, 0.717) is 5.75 Å². The van der Waals surface area contributed by atoms with Gasteiger partial charge in [-0.15, -0.1) is 6.58 Å². The maximum Gasteiger partial charge on any atom is 0.304 e. The van der Waals surface area contributed by atoms with Crippen molar-refractivity contribution in [2.24, 2.45) is 5.73 Å². The second-order valence-electron chi connectivity index (χ2n) is 2.88. The molecule has 0 saturated heterocycles. The van der Waals surface area contributed by atoms with Crippen LogP contribution in [0, 0.1) is 10.1 Å². The van der Waals surface area contributed by atoms with Gasteiger partial charge in [0.25, 0.3) is 0 Å². The number of hydrogen-bond donors (Lipinski definition) is 1. The fraction of sp³-hybridized carbons (Fsp3) is 0.333. The first-order valence-electron chi connectivity index (χ1n) is 4.14. The zero-order valence-corrected chi connectivity index (χ0v) is 8.44. The number of allylic oxidation sites excluding steroid dienone is 2. The van der Waals surface area contributed by atoms with Crippen LogP contribution in [-0.4, -0.2) is 21.6 Å². The van der Waals surface area contributed by atoms with E-state index in [1.807, 2.05) is 0 Å². The van der Waals surface area contributed by atoms with E-state index < -0.39 is 10.9 Å². The molecule has 76 valence electrons. The van der Waals surface area contributed by atoms with Gasteiger partial charge in [-0.25, -0.2) is 0 Å². The van der Waals surface area contributed by atoms with E-state index in [1.54, 1.807) is 24.3 Å². The lowest BCUT2D eigenvalue weighted by molar-refractivity contribution is -0.525. The molecule has 2 atom stereocenters. The number of thioether (sulfide) groups is 1. The maximum absolute atomic E-state index is 11.0. The van der Waals surface area contributed by atoms with E-state index in [-0.39, 0.29) is 4.92 Å². The molecule has 1 aliphatic carbocycles. The Balaban J connectivity index is 2.91. The first kappa shape index (κ1) is 11.0. The summed E-state index contributed by atoms with van der Waals surface area (Å²) in [5, 5.41) is 11.0. The van der Waals surface area contributed by atoms with E-state index in [1.165, 1.54) is 17.8 Å². The monoisotopic (exact) mass is 212 g/mol. The summed E-state index contributed by atoms with van der Waals surface area (Å²) >= 11 is 1.18. The predicted molar refractivity (Wildman–Crippen MR) is 58.6 cm³/mol. The standard InChI is InChI=1S/C9H12N2O2S/c1-2-7-14-9(11(12)13)6-4-3-5-8(9)10/h2-6,8H,1,7,10H2. The summed E-state index contributed by atoms with van der Waals surface area (Å²) in [7, 11) is 0. The highest BCUT2D eigenvalue weighted by Gasteiger charge is 2.46. The smallest absolute Gasteiger partial charge is 0.304 e. The Hall–Kier alpha value is -1.07. The maximum atomic E-state index is 11.0. The van der Waals surface area contributed by atoms with Gasteiger partial charge in [0.1, 0.15) is 6.04 Å². The van der Waals surface area contributed by atoms with Gasteiger partial charge >= 0.3 is 4.87 Å². The third-order valence-corrected chi connectivity index (χ3v) is 3.38. The van der Waals surface area contributed by atoms with Gasteiger partial charge in [0, 0.05) is 16.8 Å². The molecular formula is C9H12N2O2S. The van der Waals surface area contributed by atoms with Gasteiger partial charge in [-0.3, -0.25) is 10.1 Å². The van der Waals surface area contributed by atoms with Crippen LogP contribution in [0.2, 0.25) is 0 Å². The number of nitrogens with two attached hydrogens (primary N) is 1. The fourth-order valence-corrected chi connectivity index (χ4v) is 2.13. The molecule has 1 aliphatic rings. The highest BCUT2D eigenvalue weighted by atomic mass is 32.2. The zero-order chi connectivity index (χ0) is 10.6. The van der Waals surface area contributed by atoms with Crippen LogP contribution in [0.1, 0.15) is 0 Å². The third kappa shape index (κ3) is 1.88. The Morgan fingerprint density at radius 1 is 1.71 bits per heavy atom. The van der Waals surface area contributed by atoms with Crippen LogP contribution in [0.15, 0.2) is 37.0 Å². The number of nitrogens with zero attached hydrogens (tertiary/aromatic N) is 1. The van der Waals surface area contributed by atoms with Crippen LogP contribution in [0.3, 0.4) is 0 Å². The number of hydrogen-bond acceptors (Lipinski definition) is 4. The summed E-state index contributed by atoms with van der Waals surface area (Å²) in [6.07, 6.45) is 8.18. The average molecular weight is 212 g/mol. The Morgan fingerprint density at radius 3 is 2.93 bits per heavy atom. The summed E-state index contributed by atoms with van der Waals surface area (Å²) in [4.78, 5) is 9.40. The molecule has 4 nitrogen and oxygen atoms in total. The zero-order valence-electron chi connectivity index (χ0n) is 7.63. The summed E-state index contributed by atoms with van der Waals surface area (Å²) in [6.45, 7) is 3.53. The van der Waals surface area contributed by atoms with Crippen LogP contribution >= 0.6 is 11.8 Å². The second-order valence-corrected chi connectivity index (χ2v) is 4.15. The molecule has 2 unspecified atom stereocenters. The van der Waals surface area contributed by atoms with Crippen molar-refractivity contribution in [3.8, 4) is 0 Å². The second kappa shape index (κ2) is 4.43. The molecule has 14 heavy (non-hydrogen) atoms. The first-order chi connectivity index (χ1) is 6.63. The highest BCUT2D eigenvalue weighted by Crippen LogP contribution is 2.33. The summed E-state index contributed by atoms with van der Waals surface area (Å²) in [5.74, 6) is 0.507. The molecule has 1 rings (SSSR count). The molecule has 5 heteroatoms. The van der Waals surface area contributed by atoms with Gasteiger partial charge in [0.15, 0.2) is 0 Å². The molecule has 0 aromatic carbocycles. The van der Waals surface area contributed by atoms with Gasteiger partial charge in [0.2, 0.25) is 0 Å². The quantitative estimate of drug-likeness (QED) is 0.330. The summed E-state index contributed by atoms with van der Waals surface area (Å²) in [5.41, 5.74) is 5.72. The lowest BCUT2D eigenvalue weighted by Gasteiger charge is -2.26. The lowest BCUT2D eigenvalue weighted by atomic mass is 10.0. The minimum absolute atomic E-state index is 0.341. The van der Waals surface area contributed by atoms with E-state index >= 15 is 0 Å². The summed E-state index contributed by atoms with van der Waals surface area (Å²) in [6, 6.07) is -0.590. The molecule has 2 N–H and O–H groups in total. The topological polar surface area (TPSA) is 69.2 Å². The van der Waals surface area contributed by atoms with Gasteiger partial charge in [0.05, 0.1) is 0 Å². The fourth-order valence-electron chi connectivity index (χ4n) is 1.20. The third-order valence-electron chi connectivity index (χ3n) is 1.96. The average Bonchev–Trinajstić information content (AvgIpc) is 2.16. The van der Waals surface area contributed by atoms with Crippen molar-refractivity contribution in [3.63, 3.8) is 0 Å². The molecule has 0 aromatic heterocycles. The molecule has 0 amide bonds. The Labute approximate surface area is 86.7 Å². The first-order valence-corrected chi connectivity index (χ1v) is 5.13. The highest BCUT2D eigenvalue weighted by molar-refractivity contribution is 8.00. The number of nitro groups is 1. The Kier molecular flexibility index (Phi) is 3.49. The Morgan fingerprint density at radius 2 is 2.43 bits per heavy atom. The van der Waals surface area contributed by atoms with Crippen molar-refractivity contribution in [1.82, 2.24) is 0 Å². The SMILES string of the molecule is C=CCSC1([N+](=O)[O-])C=CC=CC1N. The molecule has 0 aromatic rings. The molecule has 0 aliphatic heterocycles. The van der Waals surface area contributed by atoms with E-state index in [2.05, 4.69) is 6.58 Å². The van der Waals surface area contributed by atoms with Crippen molar-refractivity contribution in [2.45, 2.75) is 10.9 Å². The predicted octanol–water partition coefficient (Wildman–Crippen LogP) is 1.33. The molecule has 0 radical (unpaired) electrons. The molecule has 0 bridgehead atoms. The van der Waals surface area contributed by atoms with Crippen LogP contribution in [0.5, 0.6) is 0 Å². The van der Waals surface area contributed by atoms with E-state index in [9.17, 15) is 10.1 Å². The number of rotatable bonds is 4.